The van der Waals surface area contributed by atoms with Crippen LogP contribution in [0, 0.1) is 0 Å². The number of nitrogens with two attached hydrogens (primary N) is 1. The van der Waals surface area contributed by atoms with E-state index in [9.17, 15) is 4.79 Å². The Hall–Kier alpha value is -1.88. The van der Waals surface area contributed by atoms with E-state index in [1.54, 1.807) is 29.7 Å². The number of hydrogen-bond acceptors (Lipinski definition) is 4. The van der Waals surface area contributed by atoms with Crippen LogP contribution >= 0.6 is 11.3 Å². The molecule has 2 heterocycles. The fraction of sp³-hybridized carbons (Fsp3) is 0.286. The van der Waals surface area contributed by atoms with E-state index in [2.05, 4.69) is 16.4 Å². The molecule has 0 spiro atoms. The quantitative estimate of drug-likeness (QED) is 0.931. The molecule has 2 aromatic rings. The van der Waals surface area contributed by atoms with Gasteiger partial charge < -0.3 is 10.6 Å². The van der Waals surface area contributed by atoms with Crippen molar-refractivity contribution in [2.24, 2.45) is 0 Å². The van der Waals surface area contributed by atoms with E-state index in [0.29, 0.717) is 24.0 Å². The molecule has 19 heavy (non-hydrogen) atoms. The zero-order valence-electron chi connectivity index (χ0n) is 10.5. The van der Waals surface area contributed by atoms with Gasteiger partial charge in [-0.05, 0) is 47.4 Å². The number of thiophene rings is 1. The lowest BCUT2D eigenvalue weighted by atomic mass is 10.2. The van der Waals surface area contributed by atoms with Crippen molar-refractivity contribution in [1.82, 2.24) is 9.88 Å². The Bertz CT molecular complexity index is 578. The highest BCUT2D eigenvalue weighted by Gasteiger charge is 2.33. The molecule has 98 valence electrons. The molecule has 1 aliphatic carbocycles. The number of amides is 1. The second-order valence-electron chi connectivity index (χ2n) is 4.73. The van der Waals surface area contributed by atoms with Crippen LogP contribution in [0.4, 0.5) is 5.82 Å². The number of carbonyl (C=O) groups excluding carboxylic acids is 1. The molecule has 2 N–H and O–H groups in total. The normalized spacial score (nSPS) is 14.3. The van der Waals surface area contributed by atoms with Crippen LogP contribution < -0.4 is 5.73 Å². The van der Waals surface area contributed by atoms with E-state index in [1.165, 1.54) is 5.56 Å². The largest absolute Gasteiger partial charge is 0.383 e. The second kappa shape index (κ2) is 5.01. The first kappa shape index (κ1) is 12.2. The Morgan fingerprint density at radius 1 is 1.47 bits per heavy atom. The molecular weight excluding hydrogens is 258 g/mol. The van der Waals surface area contributed by atoms with E-state index in [-0.39, 0.29) is 5.91 Å². The van der Waals surface area contributed by atoms with Gasteiger partial charge >= 0.3 is 0 Å². The van der Waals surface area contributed by atoms with Crippen LogP contribution in [-0.2, 0) is 6.54 Å². The Kier molecular flexibility index (Phi) is 3.21. The highest BCUT2D eigenvalue weighted by Crippen LogP contribution is 2.30. The molecule has 5 heteroatoms. The number of carbonyl (C=O) groups is 1. The lowest BCUT2D eigenvalue weighted by Gasteiger charge is -2.22. The SMILES string of the molecule is Nc1ncccc1C(=O)N(Cc1ccsc1)C1CC1. The Labute approximate surface area is 115 Å². The van der Waals surface area contributed by atoms with Gasteiger partial charge in [0.2, 0.25) is 0 Å². The summed E-state index contributed by atoms with van der Waals surface area (Å²) in [7, 11) is 0. The van der Waals surface area contributed by atoms with Crippen LogP contribution in [0.2, 0.25) is 0 Å². The predicted molar refractivity (Wildman–Crippen MR) is 75.9 cm³/mol. The maximum atomic E-state index is 12.6. The van der Waals surface area contributed by atoms with Gasteiger partial charge in [0.25, 0.3) is 5.91 Å². The third-order valence-corrected chi connectivity index (χ3v) is 3.98. The van der Waals surface area contributed by atoms with Gasteiger partial charge in [0.1, 0.15) is 5.82 Å². The highest BCUT2D eigenvalue weighted by molar-refractivity contribution is 7.07. The average molecular weight is 273 g/mol. The molecule has 1 fully saturated rings. The summed E-state index contributed by atoms with van der Waals surface area (Å²) in [6.07, 6.45) is 3.76. The van der Waals surface area contributed by atoms with E-state index >= 15 is 0 Å². The number of pyridine rings is 1. The van der Waals surface area contributed by atoms with Crippen molar-refractivity contribution in [3.8, 4) is 0 Å². The average Bonchev–Trinajstić information content (AvgIpc) is 3.13. The summed E-state index contributed by atoms with van der Waals surface area (Å²) in [5, 5.41) is 4.11. The first-order chi connectivity index (χ1) is 9.25. The van der Waals surface area contributed by atoms with E-state index in [4.69, 9.17) is 5.73 Å². The minimum atomic E-state index is -0.0145. The van der Waals surface area contributed by atoms with Gasteiger partial charge in [0.05, 0.1) is 5.56 Å². The van der Waals surface area contributed by atoms with Gasteiger partial charge in [0.15, 0.2) is 0 Å². The third-order valence-electron chi connectivity index (χ3n) is 3.25. The lowest BCUT2D eigenvalue weighted by Crippen LogP contribution is -2.33. The number of aromatic nitrogens is 1. The van der Waals surface area contributed by atoms with Crippen molar-refractivity contribution in [2.45, 2.75) is 25.4 Å². The molecule has 0 aromatic carbocycles. The van der Waals surface area contributed by atoms with Gasteiger partial charge in [-0.2, -0.15) is 11.3 Å². The van der Waals surface area contributed by atoms with Crippen molar-refractivity contribution < 1.29 is 4.79 Å². The predicted octanol–water partition coefficient (Wildman–Crippen LogP) is 2.53. The minimum Gasteiger partial charge on any atom is -0.383 e. The second-order valence-corrected chi connectivity index (χ2v) is 5.51. The van der Waals surface area contributed by atoms with Gasteiger partial charge in [-0.1, -0.05) is 0 Å². The van der Waals surface area contributed by atoms with Crippen molar-refractivity contribution in [2.75, 3.05) is 5.73 Å². The van der Waals surface area contributed by atoms with Gasteiger partial charge in [-0.15, -0.1) is 0 Å². The molecule has 0 saturated heterocycles. The highest BCUT2D eigenvalue weighted by atomic mass is 32.1. The van der Waals surface area contributed by atoms with Crippen LogP contribution in [0.5, 0.6) is 0 Å². The molecule has 0 atom stereocenters. The number of hydrogen-bond donors (Lipinski definition) is 1. The molecule has 2 aromatic heterocycles. The van der Waals surface area contributed by atoms with E-state index in [0.717, 1.165) is 12.8 Å². The Morgan fingerprint density at radius 2 is 2.32 bits per heavy atom. The van der Waals surface area contributed by atoms with Gasteiger partial charge in [-0.3, -0.25) is 4.79 Å². The van der Waals surface area contributed by atoms with Crippen LogP contribution in [0.3, 0.4) is 0 Å². The van der Waals surface area contributed by atoms with E-state index < -0.39 is 0 Å². The molecular formula is C14H15N3OS. The Balaban J connectivity index is 1.84. The van der Waals surface area contributed by atoms with Crippen LogP contribution in [-0.4, -0.2) is 21.8 Å². The maximum absolute atomic E-state index is 12.6. The Morgan fingerprint density at radius 3 is 2.95 bits per heavy atom. The summed E-state index contributed by atoms with van der Waals surface area (Å²) in [5.74, 6) is 0.294. The molecule has 3 rings (SSSR count). The minimum absolute atomic E-state index is 0.0145. The first-order valence-corrected chi connectivity index (χ1v) is 7.22. The van der Waals surface area contributed by atoms with Crippen LogP contribution in [0.1, 0.15) is 28.8 Å². The zero-order valence-corrected chi connectivity index (χ0v) is 11.3. The smallest absolute Gasteiger partial charge is 0.258 e. The van der Waals surface area contributed by atoms with Crippen molar-refractivity contribution >= 4 is 23.1 Å². The summed E-state index contributed by atoms with van der Waals surface area (Å²) in [6, 6.07) is 5.90. The summed E-state index contributed by atoms with van der Waals surface area (Å²) in [6.45, 7) is 0.654. The molecule has 1 aliphatic rings. The number of rotatable bonds is 4. The zero-order chi connectivity index (χ0) is 13.2. The van der Waals surface area contributed by atoms with Crippen molar-refractivity contribution in [1.29, 1.82) is 0 Å². The molecule has 0 aliphatic heterocycles. The molecule has 0 unspecified atom stereocenters. The molecule has 0 bridgehead atoms. The van der Waals surface area contributed by atoms with Crippen LogP contribution in [0.15, 0.2) is 35.2 Å². The summed E-state index contributed by atoms with van der Waals surface area (Å²) < 4.78 is 0. The monoisotopic (exact) mass is 273 g/mol. The topological polar surface area (TPSA) is 59.2 Å². The van der Waals surface area contributed by atoms with Crippen molar-refractivity contribution in [3.63, 3.8) is 0 Å². The number of nitrogen functional groups attached to an aromatic ring is 1. The molecule has 1 amide bonds. The fourth-order valence-corrected chi connectivity index (χ4v) is 2.75. The summed E-state index contributed by atoms with van der Waals surface area (Å²) in [5.41, 5.74) is 7.47. The summed E-state index contributed by atoms with van der Waals surface area (Å²) >= 11 is 1.65. The van der Waals surface area contributed by atoms with Gasteiger partial charge in [0, 0.05) is 18.8 Å². The van der Waals surface area contributed by atoms with Gasteiger partial charge in [-0.25, -0.2) is 4.98 Å². The van der Waals surface area contributed by atoms with E-state index in [1.807, 2.05) is 10.3 Å². The first-order valence-electron chi connectivity index (χ1n) is 6.28. The molecule has 0 radical (unpaired) electrons. The number of nitrogens with zero attached hydrogens (tertiary/aromatic N) is 2. The van der Waals surface area contributed by atoms with Crippen molar-refractivity contribution in [3.05, 3.63) is 46.3 Å². The number of anilines is 1. The third kappa shape index (κ3) is 2.61. The molecule has 1 saturated carbocycles. The molecule has 4 nitrogen and oxygen atoms in total. The lowest BCUT2D eigenvalue weighted by molar-refractivity contribution is 0.0731. The summed E-state index contributed by atoms with van der Waals surface area (Å²) in [4.78, 5) is 18.5. The van der Waals surface area contributed by atoms with Crippen LogP contribution in [0.25, 0.3) is 0 Å². The fourth-order valence-electron chi connectivity index (χ4n) is 2.09. The standard InChI is InChI=1S/C14H15N3OS/c15-13-12(2-1-6-16-13)14(18)17(11-3-4-11)8-10-5-7-19-9-10/h1-2,5-7,9,11H,3-4,8H2,(H2,15,16). The maximum Gasteiger partial charge on any atom is 0.258 e.